The summed E-state index contributed by atoms with van der Waals surface area (Å²) >= 11 is 1.55. The molecule has 2 aromatic heterocycles. The van der Waals surface area contributed by atoms with E-state index in [2.05, 4.69) is 0 Å². The third-order valence-electron chi connectivity index (χ3n) is 4.41. The Balaban J connectivity index is 2.31. The minimum atomic E-state index is -5.43. The van der Waals surface area contributed by atoms with Gasteiger partial charge in [-0.3, -0.25) is 9.59 Å². The lowest BCUT2D eigenvalue weighted by Crippen LogP contribution is -2.56. The lowest BCUT2D eigenvalue weighted by molar-refractivity contribution is -0.204. The van der Waals surface area contributed by atoms with Gasteiger partial charge in [0.2, 0.25) is 0 Å². The van der Waals surface area contributed by atoms with Crippen LogP contribution in [0.4, 0.5) is 27.6 Å². The average Bonchev–Trinajstić information content (AvgIpc) is 3.09. The molecule has 0 aromatic carbocycles. The van der Waals surface area contributed by atoms with Crippen molar-refractivity contribution in [2.75, 3.05) is 10.6 Å². The number of hydrogen-bond donors (Lipinski definition) is 2. The molecule has 0 bridgehead atoms. The largest absolute Gasteiger partial charge is 0.396 e. The first-order chi connectivity index (χ1) is 13.8. The normalized spacial score (nSPS) is 11.5. The number of carbonyl (C=O) groups is 2. The molecule has 0 spiro atoms. The number of halogens is 4. The first-order valence-corrected chi connectivity index (χ1v) is 9.81. The number of hydrogen-bond acceptors (Lipinski definition) is 6. The summed E-state index contributed by atoms with van der Waals surface area (Å²) in [5, 5.41) is 20.8. The number of aryl methyl sites for hydroxylation is 2. The van der Waals surface area contributed by atoms with Crippen LogP contribution in [0.15, 0.2) is 0 Å². The highest BCUT2D eigenvalue weighted by Gasteiger charge is 2.67. The van der Waals surface area contributed by atoms with Gasteiger partial charge in [0.15, 0.2) is 0 Å². The summed E-state index contributed by atoms with van der Waals surface area (Å²) in [4.78, 5) is 24.9. The van der Waals surface area contributed by atoms with Crippen molar-refractivity contribution in [1.82, 2.24) is 0 Å². The molecule has 0 atom stereocenters. The third kappa shape index (κ3) is 3.76. The molecule has 0 saturated heterocycles. The molecule has 2 heterocycles. The van der Waals surface area contributed by atoms with E-state index < -0.39 is 23.7 Å². The second kappa shape index (κ2) is 8.05. The summed E-state index contributed by atoms with van der Waals surface area (Å²) in [7, 11) is 0. The molecule has 2 N–H and O–H groups in total. The molecule has 30 heavy (non-hydrogen) atoms. The van der Waals surface area contributed by atoms with Gasteiger partial charge >= 0.3 is 23.7 Å². The van der Waals surface area contributed by atoms with E-state index in [1.807, 2.05) is 0 Å². The van der Waals surface area contributed by atoms with Gasteiger partial charge in [0.05, 0.1) is 11.1 Å². The Morgan fingerprint density at radius 1 is 0.767 bits per heavy atom. The molecule has 0 aliphatic rings. The third-order valence-corrected chi connectivity index (χ3v) is 6.66. The van der Waals surface area contributed by atoms with Gasteiger partial charge in [0, 0.05) is 9.75 Å². The van der Waals surface area contributed by atoms with E-state index in [1.54, 1.807) is 36.6 Å². The van der Waals surface area contributed by atoms with E-state index in [-0.39, 0.29) is 21.1 Å². The van der Waals surface area contributed by atoms with Crippen LogP contribution in [0.25, 0.3) is 0 Å². The maximum atomic E-state index is 14.3. The molecule has 0 unspecified atom stereocenters. The van der Waals surface area contributed by atoms with E-state index in [1.165, 1.54) is 13.8 Å². The summed E-state index contributed by atoms with van der Waals surface area (Å²) in [6, 6.07) is 3.42. The molecular formula is C18H14F4N4O2S2. The fraction of sp³-hybridized carbons (Fsp3) is 0.333. The number of nitrogens with one attached hydrogen (secondary N) is 2. The van der Waals surface area contributed by atoms with Crippen LogP contribution in [-0.4, -0.2) is 23.7 Å². The fourth-order valence-corrected chi connectivity index (χ4v) is 4.36. The molecule has 0 radical (unpaired) electrons. The van der Waals surface area contributed by atoms with Crippen molar-refractivity contribution in [2.45, 2.75) is 39.5 Å². The molecule has 0 saturated carbocycles. The molecule has 0 aliphatic carbocycles. The molecule has 2 amide bonds. The Bertz CT molecular complexity index is 1030. The minimum absolute atomic E-state index is 0.127. The molecule has 12 heteroatoms. The van der Waals surface area contributed by atoms with Gasteiger partial charge < -0.3 is 10.6 Å². The van der Waals surface area contributed by atoms with Crippen LogP contribution in [0.1, 0.15) is 32.0 Å². The highest BCUT2D eigenvalue weighted by molar-refractivity contribution is 7.17. The Morgan fingerprint density at radius 3 is 1.33 bits per heavy atom. The first-order valence-electron chi connectivity index (χ1n) is 8.18. The number of thiophene rings is 2. The smallest absolute Gasteiger partial charge is 0.311 e. The quantitative estimate of drug-likeness (QED) is 0.637. The van der Waals surface area contributed by atoms with Crippen molar-refractivity contribution in [1.29, 1.82) is 10.5 Å². The number of nitriles is 2. The van der Waals surface area contributed by atoms with Crippen molar-refractivity contribution >= 4 is 44.5 Å². The highest BCUT2D eigenvalue weighted by atomic mass is 32.1. The summed E-state index contributed by atoms with van der Waals surface area (Å²) in [5.74, 6) is -15.7. The minimum Gasteiger partial charge on any atom is -0.311 e. The molecule has 158 valence electrons. The van der Waals surface area contributed by atoms with E-state index in [9.17, 15) is 27.2 Å². The number of alkyl halides is 4. The second-order valence-corrected chi connectivity index (χ2v) is 8.70. The zero-order valence-electron chi connectivity index (χ0n) is 16.0. The molecule has 0 aliphatic heterocycles. The number of rotatable bonds is 5. The van der Waals surface area contributed by atoms with Crippen molar-refractivity contribution in [3.8, 4) is 12.1 Å². The van der Waals surface area contributed by atoms with Crippen LogP contribution < -0.4 is 10.6 Å². The van der Waals surface area contributed by atoms with Crippen molar-refractivity contribution < 1.29 is 27.2 Å². The average molecular weight is 458 g/mol. The summed E-state index contributed by atoms with van der Waals surface area (Å²) < 4.78 is 57.1. The lowest BCUT2D eigenvalue weighted by Gasteiger charge is -2.24. The van der Waals surface area contributed by atoms with Gasteiger partial charge in [0.1, 0.15) is 22.1 Å². The predicted octanol–water partition coefficient (Wildman–Crippen LogP) is 4.63. The van der Waals surface area contributed by atoms with Crippen molar-refractivity contribution in [3.63, 3.8) is 0 Å². The zero-order valence-corrected chi connectivity index (χ0v) is 17.7. The van der Waals surface area contributed by atoms with Gasteiger partial charge in [-0.1, -0.05) is 0 Å². The van der Waals surface area contributed by atoms with Crippen LogP contribution in [0.3, 0.4) is 0 Å². The number of anilines is 2. The topological polar surface area (TPSA) is 106 Å². The Labute approximate surface area is 176 Å². The standard InChI is InChI=1S/C18H14F4N4O2S2/c1-7-9(3)29-13(11(7)5-23)25-15(27)17(19,20)18(21,22)16(28)26-14-12(6-24)8(2)10(4)30-14/h1-4H3,(H,25,27)(H,26,28). The van der Waals surface area contributed by atoms with Crippen molar-refractivity contribution in [2.24, 2.45) is 0 Å². The van der Waals surface area contributed by atoms with E-state index in [4.69, 9.17) is 10.5 Å². The molecule has 6 nitrogen and oxygen atoms in total. The predicted molar refractivity (Wildman–Crippen MR) is 104 cm³/mol. The number of nitrogens with zero attached hydrogens (tertiary/aromatic N) is 2. The van der Waals surface area contributed by atoms with Gasteiger partial charge in [0.25, 0.3) is 0 Å². The zero-order chi connectivity index (χ0) is 23.0. The van der Waals surface area contributed by atoms with E-state index in [0.29, 0.717) is 20.9 Å². The lowest BCUT2D eigenvalue weighted by atomic mass is 10.1. The first kappa shape index (κ1) is 23.3. The Kier molecular flexibility index (Phi) is 6.26. The molecule has 2 rings (SSSR count). The monoisotopic (exact) mass is 458 g/mol. The van der Waals surface area contributed by atoms with Gasteiger partial charge in [-0.25, -0.2) is 0 Å². The molecular weight excluding hydrogens is 444 g/mol. The number of carbonyl (C=O) groups excluding carboxylic acids is 2. The van der Waals surface area contributed by atoms with E-state index in [0.717, 1.165) is 22.7 Å². The Hall–Kier alpha value is -2.96. The maximum absolute atomic E-state index is 14.3. The molecule has 2 aromatic rings. The van der Waals surface area contributed by atoms with E-state index >= 15 is 0 Å². The second-order valence-electron chi connectivity index (χ2n) is 6.26. The number of amides is 2. The summed E-state index contributed by atoms with van der Waals surface area (Å²) in [6.45, 7) is 6.15. The van der Waals surface area contributed by atoms with Crippen LogP contribution in [0, 0.1) is 50.4 Å². The highest BCUT2D eigenvalue weighted by Crippen LogP contribution is 2.40. The van der Waals surface area contributed by atoms with Crippen LogP contribution in [0.2, 0.25) is 0 Å². The van der Waals surface area contributed by atoms with Crippen LogP contribution in [0.5, 0.6) is 0 Å². The van der Waals surface area contributed by atoms with Crippen molar-refractivity contribution in [3.05, 3.63) is 32.0 Å². The van der Waals surface area contributed by atoms with Gasteiger partial charge in [-0.2, -0.15) is 28.1 Å². The molecule has 0 fully saturated rings. The SMILES string of the molecule is Cc1sc(NC(=O)C(F)(F)C(F)(F)C(=O)Nc2sc(C)c(C)c2C#N)c(C#N)c1C. The fourth-order valence-electron chi connectivity index (χ4n) is 2.35. The van der Waals surface area contributed by atoms with Gasteiger partial charge in [-0.05, 0) is 38.8 Å². The van der Waals surface area contributed by atoms with Crippen LogP contribution >= 0.6 is 22.7 Å². The Morgan fingerprint density at radius 2 is 1.07 bits per heavy atom. The summed E-state index contributed by atoms with van der Waals surface area (Å²) in [5.41, 5.74) is 0.575. The maximum Gasteiger partial charge on any atom is 0.396 e. The van der Waals surface area contributed by atoms with Gasteiger partial charge in [-0.15, -0.1) is 22.7 Å². The summed E-state index contributed by atoms with van der Waals surface area (Å²) in [6.07, 6.45) is 0. The van der Waals surface area contributed by atoms with Crippen LogP contribution in [-0.2, 0) is 9.59 Å².